The van der Waals surface area contributed by atoms with Crippen LogP contribution in [-0.4, -0.2) is 21.4 Å². The van der Waals surface area contributed by atoms with Crippen LogP contribution in [0.4, 0.5) is 0 Å². The van der Waals surface area contributed by atoms with Gasteiger partial charge in [-0.25, -0.2) is 4.98 Å². The molecular formula is C13H12ClN3OS. The fraction of sp³-hybridized carbons (Fsp3) is 0.154. The summed E-state index contributed by atoms with van der Waals surface area (Å²) in [6, 6.07) is 3.96. The number of pyridine rings is 1. The Morgan fingerprint density at radius 2 is 2.32 bits per heavy atom. The summed E-state index contributed by atoms with van der Waals surface area (Å²) in [7, 11) is 0. The third-order valence-corrected chi connectivity index (χ3v) is 3.01. The zero-order valence-corrected chi connectivity index (χ0v) is 11.6. The van der Waals surface area contributed by atoms with E-state index in [2.05, 4.69) is 27.0 Å². The minimum atomic E-state index is 0. The van der Waals surface area contributed by atoms with Gasteiger partial charge in [-0.15, -0.1) is 23.7 Å². The minimum absolute atomic E-state index is 0. The van der Waals surface area contributed by atoms with Gasteiger partial charge in [0.2, 0.25) is 0 Å². The van der Waals surface area contributed by atoms with Gasteiger partial charge in [-0.2, -0.15) is 0 Å². The van der Waals surface area contributed by atoms with Gasteiger partial charge in [0.1, 0.15) is 0 Å². The average molecular weight is 294 g/mol. The third-order valence-electron chi connectivity index (χ3n) is 2.17. The van der Waals surface area contributed by atoms with Crippen LogP contribution in [0, 0.1) is 11.8 Å². The van der Waals surface area contributed by atoms with Crippen molar-refractivity contribution in [1.29, 1.82) is 0 Å². The van der Waals surface area contributed by atoms with Gasteiger partial charge < -0.3 is 5.21 Å². The van der Waals surface area contributed by atoms with Gasteiger partial charge in [0, 0.05) is 25.0 Å². The topological polar surface area (TPSA) is 58.4 Å². The maximum Gasteiger partial charge on any atom is 0.167 e. The molecule has 0 saturated carbocycles. The first-order chi connectivity index (χ1) is 8.88. The molecule has 0 atom stereocenters. The first kappa shape index (κ1) is 15.2. The summed E-state index contributed by atoms with van der Waals surface area (Å²) in [6.45, 7) is 0. The Morgan fingerprint density at radius 3 is 3.05 bits per heavy atom. The van der Waals surface area contributed by atoms with Crippen molar-refractivity contribution in [2.75, 3.05) is 0 Å². The second-order valence-electron chi connectivity index (χ2n) is 3.48. The number of thiazole rings is 1. The van der Waals surface area contributed by atoms with Crippen molar-refractivity contribution in [3.63, 3.8) is 0 Å². The van der Waals surface area contributed by atoms with Crippen molar-refractivity contribution in [2.24, 2.45) is 5.16 Å². The molecule has 1 N–H and O–H groups in total. The lowest BCUT2D eigenvalue weighted by molar-refractivity contribution is 0.322. The van der Waals surface area contributed by atoms with Gasteiger partial charge in [-0.05, 0) is 24.0 Å². The molecule has 0 saturated heterocycles. The van der Waals surface area contributed by atoms with E-state index in [9.17, 15) is 0 Å². The number of nitrogens with zero attached hydrogens (tertiary/aromatic N) is 3. The molecule has 2 aromatic rings. The monoisotopic (exact) mass is 293 g/mol. The molecule has 0 aliphatic rings. The van der Waals surface area contributed by atoms with Gasteiger partial charge >= 0.3 is 0 Å². The lowest BCUT2D eigenvalue weighted by atomic mass is 10.2. The summed E-state index contributed by atoms with van der Waals surface area (Å²) < 4.78 is 0. The number of hydrogen-bond acceptors (Lipinski definition) is 5. The van der Waals surface area contributed by atoms with E-state index in [-0.39, 0.29) is 12.4 Å². The maximum atomic E-state index is 8.38. The molecule has 0 aliphatic carbocycles. The van der Waals surface area contributed by atoms with E-state index in [1.54, 1.807) is 12.4 Å². The van der Waals surface area contributed by atoms with Crippen molar-refractivity contribution >= 4 is 30.0 Å². The summed E-state index contributed by atoms with van der Waals surface area (Å²) in [4.78, 5) is 8.94. The molecule has 98 valence electrons. The summed E-state index contributed by atoms with van der Waals surface area (Å²) >= 11 is 1.40. The van der Waals surface area contributed by atoms with E-state index in [4.69, 9.17) is 5.21 Å². The molecule has 6 heteroatoms. The van der Waals surface area contributed by atoms with Gasteiger partial charge in [-0.3, -0.25) is 4.98 Å². The number of rotatable bonds is 3. The third kappa shape index (κ3) is 5.08. The van der Waals surface area contributed by atoms with Crippen LogP contribution in [0.3, 0.4) is 0 Å². The number of oxime groups is 1. The standard InChI is InChI=1S/C13H11N3OS.ClH/c17-16-10-12-9-15-13(18-12)6-2-1-4-11-5-3-7-14-8-11;/h3,5,7-10,17H,1,4H2;1H. The highest BCUT2D eigenvalue weighted by Crippen LogP contribution is 2.09. The molecule has 4 nitrogen and oxygen atoms in total. The molecule has 0 aromatic carbocycles. The Hall–Kier alpha value is -1.90. The smallest absolute Gasteiger partial charge is 0.167 e. The highest BCUT2D eigenvalue weighted by molar-refractivity contribution is 7.13. The number of hydrogen-bond donors (Lipinski definition) is 1. The predicted octanol–water partition coefficient (Wildman–Crippen LogP) is 2.75. The fourth-order valence-electron chi connectivity index (χ4n) is 1.35. The Labute approximate surface area is 121 Å². The first-order valence-electron chi connectivity index (χ1n) is 5.39. The number of aromatic nitrogens is 2. The van der Waals surface area contributed by atoms with Crippen LogP contribution in [0.2, 0.25) is 0 Å². The molecule has 0 amide bonds. The van der Waals surface area contributed by atoms with Crippen molar-refractivity contribution < 1.29 is 5.21 Å². The zero-order valence-electron chi connectivity index (χ0n) is 9.98. The van der Waals surface area contributed by atoms with E-state index in [1.807, 2.05) is 18.3 Å². The molecule has 0 spiro atoms. The fourth-order valence-corrected chi connectivity index (χ4v) is 2.01. The lowest BCUT2D eigenvalue weighted by Gasteiger charge is -1.93. The van der Waals surface area contributed by atoms with E-state index < -0.39 is 0 Å². The van der Waals surface area contributed by atoms with Crippen LogP contribution in [0.15, 0.2) is 35.9 Å². The molecule has 2 heterocycles. The van der Waals surface area contributed by atoms with E-state index in [0.717, 1.165) is 22.7 Å². The van der Waals surface area contributed by atoms with E-state index >= 15 is 0 Å². The first-order valence-corrected chi connectivity index (χ1v) is 6.21. The summed E-state index contributed by atoms with van der Waals surface area (Å²) in [5.41, 5.74) is 1.18. The molecular weight excluding hydrogens is 282 g/mol. The Morgan fingerprint density at radius 1 is 1.42 bits per heavy atom. The molecule has 0 bridgehead atoms. The second-order valence-corrected chi connectivity index (χ2v) is 4.54. The quantitative estimate of drug-likeness (QED) is 0.410. The molecule has 0 aliphatic heterocycles. The van der Waals surface area contributed by atoms with Gasteiger partial charge in [-0.1, -0.05) is 17.1 Å². The highest BCUT2D eigenvalue weighted by Gasteiger charge is 1.95. The SMILES string of the molecule is Cl.ON=Cc1cnc(C#CCCc2cccnc2)s1. The van der Waals surface area contributed by atoms with Crippen molar-refractivity contribution in [3.05, 3.63) is 46.2 Å². The lowest BCUT2D eigenvalue weighted by Crippen LogP contribution is -1.83. The molecule has 0 unspecified atom stereocenters. The van der Waals surface area contributed by atoms with Gasteiger partial charge in [0.05, 0.1) is 11.1 Å². The van der Waals surface area contributed by atoms with Crippen molar-refractivity contribution in [3.8, 4) is 11.8 Å². The van der Waals surface area contributed by atoms with Gasteiger partial charge in [0.25, 0.3) is 0 Å². The van der Waals surface area contributed by atoms with Crippen LogP contribution >= 0.6 is 23.7 Å². The largest absolute Gasteiger partial charge is 0.411 e. The maximum absolute atomic E-state index is 8.38. The molecule has 0 fully saturated rings. The Balaban J connectivity index is 0.00000180. The van der Waals surface area contributed by atoms with Gasteiger partial charge in [0.15, 0.2) is 5.01 Å². The van der Waals surface area contributed by atoms with Crippen LogP contribution < -0.4 is 0 Å². The van der Waals surface area contributed by atoms with Crippen molar-refractivity contribution in [2.45, 2.75) is 12.8 Å². The van der Waals surface area contributed by atoms with Crippen LogP contribution in [0.1, 0.15) is 21.9 Å². The van der Waals surface area contributed by atoms with Crippen molar-refractivity contribution in [1.82, 2.24) is 9.97 Å². The highest BCUT2D eigenvalue weighted by atomic mass is 35.5. The van der Waals surface area contributed by atoms with Crippen LogP contribution in [0.5, 0.6) is 0 Å². The van der Waals surface area contributed by atoms with E-state index in [1.165, 1.54) is 23.1 Å². The summed E-state index contributed by atoms with van der Waals surface area (Å²) in [5.74, 6) is 6.06. The molecule has 19 heavy (non-hydrogen) atoms. The summed E-state index contributed by atoms with van der Waals surface area (Å²) in [6.07, 6.45) is 8.25. The Kier molecular flexibility index (Phi) is 6.58. The zero-order chi connectivity index (χ0) is 12.6. The molecule has 2 rings (SSSR count). The normalized spacial score (nSPS) is 9.68. The molecule has 0 radical (unpaired) electrons. The average Bonchev–Trinajstić information content (AvgIpc) is 2.84. The minimum Gasteiger partial charge on any atom is -0.411 e. The Bertz CT molecular complexity index is 587. The van der Waals surface area contributed by atoms with Crippen LogP contribution in [0.25, 0.3) is 0 Å². The number of aryl methyl sites for hydroxylation is 1. The second kappa shape index (κ2) is 8.25. The van der Waals surface area contributed by atoms with Crippen LogP contribution in [-0.2, 0) is 6.42 Å². The number of halogens is 1. The summed E-state index contributed by atoms with van der Waals surface area (Å²) in [5, 5.41) is 12.1. The predicted molar refractivity (Wildman–Crippen MR) is 78.2 cm³/mol. The molecule has 2 aromatic heterocycles. The van der Waals surface area contributed by atoms with E-state index in [0.29, 0.717) is 0 Å².